The Morgan fingerprint density at radius 1 is 1.34 bits per heavy atom. The molecular formula is C22H28N2O5. The van der Waals surface area contributed by atoms with Crippen LogP contribution >= 0.6 is 0 Å². The van der Waals surface area contributed by atoms with E-state index in [2.05, 4.69) is 4.90 Å². The van der Waals surface area contributed by atoms with Gasteiger partial charge in [-0.05, 0) is 31.0 Å². The van der Waals surface area contributed by atoms with Crippen LogP contribution in [0.5, 0.6) is 5.75 Å². The molecule has 1 spiro atoms. The summed E-state index contributed by atoms with van der Waals surface area (Å²) in [6, 6.07) is 4.98. The maximum atomic E-state index is 12.6. The molecule has 0 bridgehead atoms. The van der Waals surface area contributed by atoms with Crippen LogP contribution in [0.4, 0.5) is 5.69 Å². The summed E-state index contributed by atoms with van der Waals surface area (Å²) in [5.74, 6) is -0.685. The largest absolute Gasteiger partial charge is 0.497 e. The van der Waals surface area contributed by atoms with E-state index >= 15 is 0 Å². The second-order valence-corrected chi connectivity index (χ2v) is 8.99. The molecule has 7 heteroatoms. The van der Waals surface area contributed by atoms with Crippen molar-refractivity contribution in [2.75, 3.05) is 32.1 Å². The van der Waals surface area contributed by atoms with Crippen molar-refractivity contribution in [3.05, 3.63) is 35.9 Å². The number of benzene rings is 1. The van der Waals surface area contributed by atoms with Crippen LogP contribution in [-0.4, -0.2) is 77.2 Å². The van der Waals surface area contributed by atoms with E-state index in [4.69, 9.17) is 4.74 Å². The highest BCUT2D eigenvalue weighted by molar-refractivity contribution is 5.84. The molecule has 156 valence electrons. The first-order valence-corrected chi connectivity index (χ1v) is 10.3. The van der Waals surface area contributed by atoms with E-state index in [1.165, 1.54) is 0 Å². The molecule has 0 amide bonds. The standard InChI is InChI=1S/C22H28N2O5/c1-4-20-8-5-10-24-11-9-21(16(20)24)14-7-6-13(29-3)12-15(14)23(2)17(21)22(28,18(20)25)19(26)27/h5-8,12,16-18,25,28H,4,9-11H2,1-3H3,(H,26,27)/t16-,17+,18+,20+,21+,22-/m0/s1. The Morgan fingerprint density at radius 2 is 2.10 bits per heavy atom. The molecule has 1 saturated heterocycles. The Balaban J connectivity index is 1.86. The number of fused-ring (bicyclic) bond motifs is 1. The highest BCUT2D eigenvalue weighted by Gasteiger charge is 2.78. The minimum Gasteiger partial charge on any atom is -0.497 e. The lowest BCUT2D eigenvalue weighted by molar-refractivity contribution is -0.215. The van der Waals surface area contributed by atoms with Gasteiger partial charge in [0, 0.05) is 42.2 Å². The van der Waals surface area contributed by atoms with E-state index in [1.54, 1.807) is 7.11 Å². The zero-order valence-corrected chi connectivity index (χ0v) is 17.0. The van der Waals surface area contributed by atoms with E-state index in [0.717, 1.165) is 30.8 Å². The van der Waals surface area contributed by atoms with E-state index in [0.29, 0.717) is 12.2 Å². The minimum atomic E-state index is -2.30. The number of aliphatic hydroxyl groups is 2. The molecule has 3 N–H and O–H groups in total. The number of anilines is 1. The molecule has 2 fully saturated rings. The van der Waals surface area contributed by atoms with Crippen LogP contribution in [0.2, 0.25) is 0 Å². The summed E-state index contributed by atoms with van der Waals surface area (Å²) < 4.78 is 5.41. The number of methoxy groups -OCH3 is 1. The summed E-state index contributed by atoms with van der Waals surface area (Å²) in [6.45, 7) is 3.54. The summed E-state index contributed by atoms with van der Waals surface area (Å²) in [7, 11) is 3.42. The van der Waals surface area contributed by atoms with Gasteiger partial charge in [-0.3, -0.25) is 4.90 Å². The molecule has 0 aromatic heterocycles. The highest BCUT2D eigenvalue weighted by Crippen LogP contribution is 2.66. The van der Waals surface area contributed by atoms with Crippen LogP contribution in [0, 0.1) is 5.41 Å². The third kappa shape index (κ3) is 1.87. The molecular weight excluding hydrogens is 372 g/mol. The van der Waals surface area contributed by atoms with Gasteiger partial charge < -0.3 is 25.0 Å². The van der Waals surface area contributed by atoms with Crippen LogP contribution < -0.4 is 9.64 Å². The third-order valence-corrected chi connectivity index (χ3v) is 8.20. The molecule has 5 rings (SSSR count). The van der Waals surface area contributed by atoms with Crippen LogP contribution in [0.15, 0.2) is 30.4 Å². The van der Waals surface area contributed by atoms with Gasteiger partial charge in [0.1, 0.15) is 11.9 Å². The first-order chi connectivity index (χ1) is 13.8. The fourth-order valence-electron chi connectivity index (χ4n) is 7.19. The molecule has 1 aromatic carbocycles. The molecule has 7 nitrogen and oxygen atoms in total. The number of likely N-dealkylation sites (N-methyl/N-ethyl adjacent to an activating group) is 1. The van der Waals surface area contributed by atoms with Gasteiger partial charge in [-0.1, -0.05) is 25.1 Å². The van der Waals surface area contributed by atoms with Crippen molar-refractivity contribution >= 4 is 11.7 Å². The summed E-state index contributed by atoms with van der Waals surface area (Å²) in [5, 5.41) is 33.5. The summed E-state index contributed by atoms with van der Waals surface area (Å²) in [4.78, 5) is 16.8. The van der Waals surface area contributed by atoms with Gasteiger partial charge in [-0.15, -0.1) is 0 Å². The van der Waals surface area contributed by atoms with Gasteiger partial charge in [-0.25, -0.2) is 4.79 Å². The quantitative estimate of drug-likeness (QED) is 0.652. The molecule has 3 heterocycles. The van der Waals surface area contributed by atoms with Crippen LogP contribution in [-0.2, 0) is 10.2 Å². The number of rotatable bonds is 3. The lowest BCUT2D eigenvalue weighted by atomic mass is 9.48. The molecule has 4 aliphatic rings. The van der Waals surface area contributed by atoms with Crippen molar-refractivity contribution < 1.29 is 24.9 Å². The van der Waals surface area contributed by atoms with E-state index < -0.39 is 34.5 Å². The summed E-state index contributed by atoms with van der Waals surface area (Å²) >= 11 is 0. The molecule has 1 aromatic rings. The van der Waals surface area contributed by atoms with Crippen molar-refractivity contribution in [2.24, 2.45) is 5.41 Å². The first-order valence-electron chi connectivity index (χ1n) is 10.3. The smallest absolute Gasteiger partial charge is 0.340 e. The lowest BCUT2D eigenvalue weighted by Crippen LogP contribution is -2.80. The van der Waals surface area contributed by atoms with Crippen molar-refractivity contribution in [2.45, 2.75) is 49.0 Å². The van der Waals surface area contributed by atoms with Gasteiger partial charge in [-0.2, -0.15) is 0 Å². The monoisotopic (exact) mass is 400 g/mol. The van der Waals surface area contributed by atoms with Gasteiger partial charge in [0.05, 0.1) is 13.2 Å². The van der Waals surface area contributed by atoms with Crippen LogP contribution in [0.25, 0.3) is 0 Å². The van der Waals surface area contributed by atoms with Crippen molar-refractivity contribution in [3.8, 4) is 5.75 Å². The molecule has 3 aliphatic heterocycles. The molecule has 1 saturated carbocycles. The van der Waals surface area contributed by atoms with Crippen molar-refractivity contribution in [1.29, 1.82) is 0 Å². The topological polar surface area (TPSA) is 93.5 Å². The summed E-state index contributed by atoms with van der Waals surface area (Å²) in [6.07, 6.45) is 3.84. The van der Waals surface area contributed by atoms with Gasteiger partial charge in [0.25, 0.3) is 0 Å². The Hall–Kier alpha value is -2.09. The third-order valence-electron chi connectivity index (χ3n) is 8.20. The van der Waals surface area contributed by atoms with Crippen molar-refractivity contribution in [1.82, 2.24) is 4.90 Å². The predicted molar refractivity (Wildman–Crippen MR) is 107 cm³/mol. The molecule has 6 atom stereocenters. The Labute approximate surface area is 170 Å². The Bertz CT molecular complexity index is 918. The van der Waals surface area contributed by atoms with Gasteiger partial charge >= 0.3 is 5.97 Å². The normalized spacial score (nSPS) is 42.4. The second-order valence-electron chi connectivity index (χ2n) is 8.99. The van der Waals surface area contributed by atoms with Gasteiger partial charge in [0.15, 0.2) is 0 Å². The predicted octanol–water partition coefficient (Wildman–Crippen LogP) is 0.982. The average Bonchev–Trinajstić information content (AvgIpc) is 3.23. The molecule has 0 radical (unpaired) electrons. The molecule has 29 heavy (non-hydrogen) atoms. The van der Waals surface area contributed by atoms with E-state index in [1.807, 2.05) is 49.2 Å². The Morgan fingerprint density at radius 3 is 2.76 bits per heavy atom. The summed E-state index contributed by atoms with van der Waals surface area (Å²) in [5.41, 5.74) is -1.82. The first kappa shape index (κ1) is 18.9. The van der Waals surface area contributed by atoms with Crippen LogP contribution in [0.1, 0.15) is 25.3 Å². The zero-order valence-electron chi connectivity index (χ0n) is 17.0. The second kappa shape index (κ2) is 5.74. The zero-order chi connectivity index (χ0) is 20.8. The van der Waals surface area contributed by atoms with E-state index in [9.17, 15) is 20.1 Å². The number of aliphatic carboxylic acids is 1. The number of ether oxygens (including phenoxy) is 1. The minimum absolute atomic E-state index is 0.0817. The number of hydrogen-bond donors (Lipinski definition) is 3. The van der Waals surface area contributed by atoms with Gasteiger partial charge in [0.2, 0.25) is 5.60 Å². The number of hydrogen-bond acceptors (Lipinski definition) is 6. The lowest BCUT2D eigenvalue weighted by Gasteiger charge is -2.62. The average molecular weight is 400 g/mol. The molecule has 0 unspecified atom stereocenters. The van der Waals surface area contributed by atoms with E-state index in [-0.39, 0.29) is 6.04 Å². The number of carboxylic acid groups (broad SMARTS) is 1. The highest BCUT2D eigenvalue weighted by atomic mass is 16.5. The number of carbonyl (C=O) groups is 1. The molecule has 1 aliphatic carbocycles. The maximum Gasteiger partial charge on any atom is 0.340 e. The Kier molecular flexibility index (Phi) is 3.74. The SMILES string of the molecule is CC[C@]12C=CCN3CC[C@@]4(c5ccc(OC)cc5N(C)[C@H]4[C@@](O)(C(=O)O)[C@@H]1O)[C@@H]32. The van der Waals surface area contributed by atoms with Crippen molar-refractivity contribution in [3.63, 3.8) is 0 Å². The number of nitrogens with zero attached hydrogens (tertiary/aromatic N) is 2. The fourth-order valence-corrected chi connectivity index (χ4v) is 7.19. The fraction of sp³-hybridized carbons (Fsp3) is 0.591. The number of aliphatic hydroxyl groups excluding tert-OH is 1. The van der Waals surface area contributed by atoms with Crippen LogP contribution in [0.3, 0.4) is 0 Å². The maximum absolute atomic E-state index is 12.6. The number of carboxylic acids is 1.